The first-order valence-corrected chi connectivity index (χ1v) is 6.64. The van der Waals surface area contributed by atoms with E-state index in [1.54, 1.807) is 30.5 Å². The summed E-state index contributed by atoms with van der Waals surface area (Å²) in [5.41, 5.74) is 1.29. The first-order valence-electron chi connectivity index (χ1n) is 5.47. The molecular formula is C14H11BrClNO2. The number of rotatable bonds is 3. The molecule has 0 saturated heterocycles. The number of benzene rings is 2. The number of aromatic hydroxyl groups is 1. The summed E-state index contributed by atoms with van der Waals surface area (Å²) in [6.07, 6.45) is 1.57. The highest BCUT2D eigenvalue weighted by Gasteiger charge is 2.05. The van der Waals surface area contributed by atoms with E-state index in [-0.39, 0.29) is 5.75 Å². The minimum absolute atomic E-state index is 0.0666. The topological polar surface area (TPSA) is 41.8 Å². The van der Waals surface area contributed by atoms with Crippen molar-refractivity contribution < 1.29 is 9.84 Å². The molecular weight excluding hydrogens is 330 g/mol. The van der Waals surface area contributed by atoms with Crippen LogP contribution in [0, 0.1) is 0 Å². The van der Waals surface area contributed by atoms with Crippen molar-refractivity contribution in [2.45, 2.75) is 0 Å². The van der Waals surface area contributed by atoms with Crippen LogP contribution in [0.5, 0.6) is 11.5 Å². The lowest BCUT2D eigenvalue weighted by atomic mass is 10.2. The van der Waals surface area contributed by atoms with Crippen LogP contribution >= 0.6 is 27.5 Å². The number of nitrogens with zero attached hydrogens (tertiary/aromatic N) is 1. The Balaban J connectivity index is 2.30. The molecule has 0 saturated carbocycles. The van der Waals surface area contributed by atoms with Gasteiger partial charge in [0.2, 0.25) is 0 Å². The SMILES string of the molecule is COc1cccc(C=Nc2ccc(Br)c(Cl)c2)c1O. The molecule has 3 nitrogen and oxygen atoms in total. The molecule has 0 radical (unpaired) electrons. The van der Waals surface area contributed by atoms with Gasteiger partial charge in [0.25, 0.3) is 0 Å². The summed E-state index contributed by atoms with van der Waals surface area (Å²) in [5.74, 6) is 0.481. The summed E-state index contributed by atoms with van der Waals surface area (Å²) in [5, 5.41) is 10.5. The minimum atomic E-state index is 0.0666. The second-order valence-corrected chi connectivity index (χ2v) is 5.02. The number of methoxy groups -OCH3 is 1. The van der Waals surface area contributed by atoms with E-state index >= 15 is 0 Å². The average Bonchev–Trinajstić information content (AvgIpc) is 2.41. The molecule has 0 spiro atoms. The van der Waals surface area contributed by atoms with Gasteiger partial charge in [-0.15, -0.1) is 0 Å². The van der Waals surface area contributed by atoms with Crippen molar-refractivity contribution in [1.29, 1.82) is 0 Å². The molecule has 0 aliphatic rings. The Morgan fingerprint density at radius 1 is 1.32 bits per heavy atom. The lowest BCUT2D eigenvalue weighted by molar-refractivity contribution is 0.373. The maximum absolute atomic E-state index is 9.92. The Bertz CT molecular complexity index is 629. The van der Waals surface area contributed by atoms with Crippen LogP contribution in [0.25, 0.3) is 0 Å². The first-order chi connectivity index (χ1) is 9.11. The smallest absolute Gasteiger partial charge is 0.166 e. The van der Waals surface area contributed by atoms with Gasteiger partial charge >= 0.3 is 0 Å². The zero-order valence-electron chi connectivity index (χ0n) is 10.1. The van der Waals surface area contributed by atoms with Crippen LogP contribution < -0.4 is 4.74 Å². The van der Waals surface area contributed by atoms with Crippen molar-refractivity contribution in [2.24, 2.45) is 4.99 Å². The van der Waals surface area contributed by atoms with Crippen LogP contribution in [0.4, 0.5) is 5.69 Å². The molecule has 0 fully saturated rings. The van der Waals surface area contributed by atoms with Gasteiger partial charge in [-0.25, -0.2) is 0 Å². The standard InChI is InChI=1S/C14H11BrClNO2/c1-19-13-4-2-3-9(14(13)18)8-17-10-5-6-11(15)12(16)7-10/h2-8,18H,1H3. The lowest BCUT2D eigenvalue weighted by Crippen LogP contribution is -1.88. The maximum Gasteiger partial charge on any atom is 0.166 e. The third kappa shape index (κ3) is 3.28. The maximum atomic E-state index is 9.92. The molecule has 2 rings (SSSR count). The molecule has 0 unspecified atom stereocenters. The Hall–Kier alpha value is -1.52. The molecule has 2 aromatic carbocycles. The van der Waals surface area contributed by atoms with Crippen molar-refractivity contribution >= 4 is 39.4 Å². The van der Waals surface area contributed by atoms with Gasteiger partial charge in [-0.1, -0.05) is 17.7 Å². The van der Waals surface area contributed by atoms with Crippen LogP contribution in [0.1, 0.15) is 5.56 Å². The van der Waals surface area contributed by atoms with Crippen LogP contribution in [-0.2, 0) is 0 Å². The van der Waals surface area contributed by atoms with Gasteiger partial charge in [0.15, 0.2) is 11.5 Å². The highest BCUT2D eigenvalue weighted by molar-refractivity contribution is 9.10. The highest BCUT2D eigenvalue weighted by Crippen LogP contribution is 2.30. The van der Waals surface area contributed by atoms with E-state index in [2.05, 4.69) is 20.9 Å². The summed E-state index contributed by atoms with van der Waals surface area (Å²) in [6.45, 7) is 0. The third-order valence-electron chi connectivity index (χ3n) is 2.51. The molecule has 0 bridgehead atoms. The van der Waals surface area contributed by atoms with Gasteiger partial charge in [0.1, 0.15) is 0 Å². The molecule has 5 heteroatoms. The molecule has 1 N–H and O–H groups in total. The number of phenols is 1. The summed E-state index contributed by atoms with van der Waals surface area (Å²) in [4.78, 5) is 4.27. The van der Waals surface area contributed by atoms with Crippen molar-refractivity contribution in [3.05, 3.63) is 51.5 Å². The number of halogens is 2. The Kier molecular flexibility index (Phi) is 4.45. The van der Waals surface area contributed by atoms with Crippen molar-refractivity contribution in [3.8, 4) is 11.5 Å². The van der Waals surface area contributed by atoms with E-state index in [1.807, 2.05) is 12.1 Å². The molecule has 98 valence electrons. The van der Waals surface area contributed by atoms with Crippen LogP contribution in [-0.4, -0.2) is 18.4 Å². The number of ether oxygens (including phenoxy) is 1. The van der Waals surface area contributed by atoms with Gasteiger partial charge in [-0.05, 0) is 46.3 Å². The predicted molar refractivity (Wildman–Crippen MR) is 81.1 cm³/mol. The fourth-order valence-corrected chi connectivity index (χ4v) is 1.94. The predicted octanol–water partition coefficient (Wildman–Crippen LogP) is 4.57. The normalized spacial score (nSPS) is 10.9. The van der Waals surface area contributed by atoms with E-state index < -0.39 is 0 Å². The zero-order valence-corrected chi connectivity index (χ0v) is 12.4. The van der Waals surface area contributed by atoms with Gasteiger partial charge in [0.05, 0.1) is 17.8 Å². The average molecular weight is 341 g/mol. The van der Waals surface area contributed by atoms with Gasteiger partial charge in [0, 0.05) is 16.3 Å². The van der Waals surface area contributed by atoms with E-state index in [4.69, 9.17) is 16.3 Å². The highest BCUT2D eigenvalue weighted by atomic mass is 79.9. The fraction of sp³-hybridized carbons (Fsp3) is 0.0714. The van der Waals surface area contributed by atoms with Crippen LogP contribution in [0.3, 0.4) is 0 Å². The van der Waals surface area contributed by atoms with Crippen molar-refractivity contribution in [1.82, 2.24) is 0 Å². The molecule has 0 aliphatic heterocycles. The molecule has 0 aliphatic carbocycles. The zero-order chi connectivity index (χ0) is 13.8. The molecule has 2 aromatic rings. The second kappa shape index (κ2) is 6.08. The van der Waals surface area contributed by atoms with Crippen LogP contribution in [0.15, 0.2) is 45.9 Å². The largest absolute Gasteiger partial charge is 0.504 e. The second-order valence-electron chi connectivity index (χ2n) is 3.75. The number of hydrogen-bond acceptors (Lipinski definition) is 3. The minimum Gasteiger partial charge on any atom is -0.504 e. The van der Waals surface area contributed by atoms with Gasteiger partial charge in [-0.2, -0.15) is 0 Å². The number of phenolic OH excluding ortho intramolecular Hbond substituents is 1. The van der Waals surface area contributed by atoms with Crippen molar-refractivity contribution in [2.75, 3.05) is 7.11 Å². The molecule has 0 atom stereocenters. The summed E-state index contributed by atoms with van der Waals surface area (Å²) in [6, 6.07) is 10.6. The molecule has 19 heavy (non-hydrogen) atoms. The first kappa shape index (κ1) is 13.9. The van der Waals surface area contributed by atoms with E-state index in [0.29, 0.717) is 22.0 Å². The van der Waals surface area contributed by atoms with Crippen LogP contribution in [0.2, 0.25) is 5.02 Å². The number of aliphatic imine (C=N–C) groups is 1. The van der Waals surface area contributed by atoms with Crippen molar-refractivity contribution in [3.63, 3.8) is 0 Å². The quantitative estimate of drug-likeness (QED) is 0.832. The monoisotopic (exact) mass is 339 g/mol. The summed E-state index contributed by atoms with van der Waals surface area (Å²) >= 11 is 9.30. The molecule has 0 amide bonds. The van der Waals surface area contributed by atoms with E-state index in [1.165, 1.54) is 7.11 Å². The molecule has 0 aromatic heterocycles. The Morgan fingerprint density at radius 2 is 2.11 bits per heavy atom. The lowest BCUT2D eigenvalue weighted by Gasteiger charge is -2.05. The number of hydrogen-bond donors (Lipinski definition) is 1. The fourth-order valence-electron chi connectivity index (χ4n) is 1.52. The Morgan fingerprint density at radius 3 is 2.79 bits per heavy atom. The summed E-state index contributed by atoms with van der Waals surface area (Å²) < 4.78 is 5.85. The summed E-state index contributed by atoms with van der Waals surface area (Å²) in [7, 11) is 1.50. The van der Waals surface area contributed by atoms with Gasteiger partial charge in [-0.3, -0.25) is 4.99 Å². The van der Waals surface area contributed by atoms with Gasteiger partial charge < -0.3 is 9.84 Å². The molecule has 0 heterocycles. The third-order valence-corrected chi connectivity index (χ3v) is 3.74. The van der Waals surface area contributed by atoms with E-state index in [0.717, 1.165) is 4.47 Å². The Labute approximate surface area is 124 Å². The number of para-hydroxylation sites is 1. The van der Waals surface area contributed by atoms with E-state index in [9.17, 15) is 5.11 Å².